The maximum absolute atomic E-state index is 5.34. The minimum Gasteiger partial charge on any atom is -0.497 e. The van der Waals surface area contributed by atoms with Gasteiger partial charge in [0, 0.05) is 13.1 Å². The van der Waals surface area contributed by atoms with Gasteiger partial charge in [-0.3, -0.25) is 4.99 Å². The maximum Gasteiger partial charge on any atom is 0.146 e. The molecule has 15 heavy (non-hydrogen) atoms. The summed E-state index contributed by atoms with van der Waals surface area (Å²) in [6, 6.07) is 5.43. The number of rotatable bonds is 3. The van der Waals surface area contributed by atoms with Gasteiger partial charge in [0.2, 0.25) is 0 Å². The number of benzene rings is 1. The molecule has 0 fully saturated rings. The molecule has 0 saturated heterocycles. The first-order valence-electron chi connectivity index (χ1n) is 4.42. The van der Waals surface area contributed by atoms with Crippen molar-refractivity contribution in [3.63, 3.8) is 0 Å². The van der Waals surface area contributed by atoms with Gasteiger partial charge in [-0.15, -0.1) is 0 Å². The number of nitrogens with one attached hydrogen (secondary N) is 1. The molecule has 0 unspecified atom stereocenters. The quantitative estimate of drug-likeness (QED) is 0.330. The molecule has 5 nitrogen and oxygen atoms in total. The summed E-state index contributed by atoms with van der Waals surface area (Å²) in [7, 11) is 4.84. The number of hydrogen-bond donors (Lipinski definition) is 2. The Balaban J connectivity index is 3.18. The molecule has 0 spiro atoms. The third-order valence-corrected chi connectivity index (χ3v) is 2.02. The molecule has 1 rings (SSSR count). The highest BCUT2D eigenvalue weighted by Gasteiger charge is 2.09. The molecule has 0 saturated carbocycles. The fourth-order valence-corrected chi connectivity index (χ4v) is 1.26. The predicted molar refractivity (Wildman–Crippen MR) is 59.3 cm³/mol. The first-order chi connectivity index (χ1) is 7.26. The Morgan fingerprint density at radius 3 is 2.53 bits per heavy atom. The van der Waals surface area contributed by atoms with Gasteiger partial charge in [0.1, 0.15) is 17.3 Å². The molecule has 0 aromatic heterocycles. The predicted octanol–water partition coefficient (Wildman–Crippen LogP) is 0.543. The van der Waals surface area contributed by atoms with E-state index in [1.54, 1.807) is 27.3 Å². The lowest BCUT2D eigenvalue weighted by molar-refractivity contribution is 0.393. The van der Waals surface area contributed by atoms with E-state index >= 15 is 0 Å². The summed E-state index contributed by atoms with van der Waals surface area (Å²) in [5.41, 5.74) is 3.30. The molecule has 0 bridgehead atoms. The van der Waals surface area contributed by atoms with E-state index in [0.29, 0.717) is 11.6 Å². The van der Waals surface area contributed by atoms with E-state index in [-0.39, 0.29) is 0 Å². The van der Waals surface area contributed by atoms with Crippen LogP contribution in [-0.4, -0.2) is 27.1 Å². The van der Waals surface area contributed by atoms with E-state index in [0.717, 1.165) is 11.3 Å². The number of nitrogens with zero attached hydrogens (tertiary/aromatic N) is 1. The Morgan fingerprint density at radius 1 is 1.33 bits per heavy atom. The van der Waals surface area contributed by atoms with E-state index < -0.39 is 0 Å². The van der Waals surface area contributed by atoms with Crippen LogP contribution in [0.5, 0.6) is 11.5 Å². The topological polar surface area (TPSA) is 68.9 Å². The second-order valence-corrected chi connectivity index (χ2v) is 2.78. The van der Waals surface area contributed by atoms with Crippen molar-refractivity contribution in [1.82, 2.24) is 5.43 Å². The molecule has 82 valence electrons. The third-order valence-electron chi connectivity index (χ3n) is 2.02. The molecule has 1 aromatic rings. The monoisotopic (exact) mass is 209 g/mol. The largest absolute Gasteiger partial charge is 0.497 e. The molecular formula is C10H15N3O2. The lowest BCUT2D eigenvalue weighted by atomic mass is 10.1. The highest BCUT2D eigenvalue weighted by molar-refractivity contribution is 6.00. The number of nitrogens with two attached hydrogens (primary N) is 1. The van der Waals surface area contributed by atoms with Gasteiger partial charge in [0.25, 0.3) is 0 Å². The second kappa shape index (κ2) is 5.21. The van der Waals surface area contributed by atoms with E-state index in [2.05, 4.69) is 10.4 Å². The van der Waals surface area contributed by atoms with Crippen molar-refractivity contribution >= 4 is 5.84 Å². The second-order valence-electron chi connectivity index (χ2n) is 2.78. The normalized spacial score (nSPS) is 11.1. The molecule has 0 atom stereocenters. The van der Waals surface area contributed by atoms with Crippen LogP contribution in [0.1, 0.15) is 5.56 Å². The van der Waals surface area contributed by atoms with Crippen LogP contribution < -0.4 is 20.7 Å². The fourth-order valence-electron chi connectivity index (χ4n) is 1.26. The van der Waals surface area contributed by atoms with E-state index in [9.17, 15) is 0 Å². The van der Waals surface area contributed by atoms with E-state index in [1.807, 2.05) is 12.1 Å². The Bertz CT molecular complexity index is 364. The maximum atomic E-state index is 5.34. The van der Waals surface area contributed by atoms with Gasteiger partial charge < -0.3 is 14.9 Å². The van der Waals surface area contributed by atoms with Crippen molar-refractivity contribution < 1.29 is 9.47 Å². The van der Waals surface area contributed by atoms with E-state index in [1.165, 1.54) is 0 Å². The summed E-state index contributed by atoms with van der Waals surface area (Å²) in [4.78, 5) is 4.00. The Morgan fingerprint density at radius 2 is 2.07 bits per heavy atom. The van der Waals surface area contributed by atoms with Crippen molar-refractivity contribution in [2.45, 2.75) is 0 Å². The van der Waals surface area contributed by atoms with Gasteiger partial charge in [-0.25, -0.2) is 5.84 Å². The van der Waals surface area contributed by atoms with Gasteiger partial charge in [0.05, 0.1) is 19.8 Å². The first kappa shape index (κ1) is 11.3. The van der Waals surface area contributed by atoms with Crippen LogP contribution in [-0.2, 0) is 0 Å². The van der Waals surface area contributed by atoms with Gasteiger partial charge in [-0.05, 0) is 12.1 Å². The summed E-state index contributed by atoms with van der Waals surface area (Å²) in [5, 5.41) is 0. The fraction of sp³-hybridized carbons (Fsp3) is 0.300. The smallest absolute Gasteiger partial charge is 0.146 e. The van der Waals surface area contributed by atoms with Crippen LogP contribution in [0.2, 0.25) is 0 Å². The summed E-state index contributed by atoms with van der Waals surface area (Å²) < 4.78 is 10.3. The molecule has 5 heteroatoms. The summed E-state index contributed by atoms with van der Waals surface area (Å²) in [5.74, 6) is 7.29. The number of hydrazine groups is 1. The lowest BCUT2D eigenvalue weighted by Crippen LogP contribution is -2.31. The zero-order valence-corrected chi connectivity index (χ0v) is 9.07. The summed E-state index contributed by atoms with van der Waals surface area (Å²) in [6.07, 6.45) is 0. The molecule has 3 N–H and O–H groups in total. The molecule has 0 aliphatic rings. The van der Waals surface area contributed by atoms with Gasteiger partial charge in [0.15, 0.2) is 0 Å². The number of aliphatic imine (C=N–C) groups is 1. The molecule has 0 aliphatic carbocycles. The minimum absolute atomic E-state index is 0.564. The SMILES string of the molecule is CN=C(NN)c1ccc(OC)cc1OC. The Labute approximate surface area is 88.9 Å². The van der Waals surface area contributed by atoms with Crippen molar-refractivity contribution in [3.05, 3.63) is 23.8 Å². The molecule has 0 heterocycles. The van der Waals surface area contributed by atoms with Crippen LogP contribution in [0, 0.1) is 0 Å². The summed E-state index contributed by atoms with van der Waals surface area (Å²) >= 11 is 0. The van der Waals surface area contributed by atoms with E-state index in [4.69, 9.17) is 15.3 Å². The van der Waals surface area contributed by atoms with Crippen molar-refractivity contribution in [3.8, 4) is 11.5 Å². The van der Waals surface area contributed by atoms with Gasteiger partial charge >= 0.3 is 0 Å². The van der Waals surface area contributed by atoms with Gasteiger partial charge in [-0.2, -0.15) is 0 Å². The van der Waals surface area contributed by atoms with Crippen LogP contribution in [0.3, 0.4) is 0 Å². The minimum atomic E-state index is 0.564. The Hall–Kier alpha value is -1.75. The molecular weight excluding hydrogens is 194 g/mol. The van der Waals surface area contributed by atoms with Crippen LogP contribution >= 0.6 is 0 Å². The summed E-state index contributed by atoms with van der Waals surface area (Å²) in [6.45, 7) is 0. The highest BCUT2D eigenvalue weighted by atomic mass is 16.5. The molecule has 0 aliphatic heterocycles. The van der Waals surface area contributed by atoms with Crippen molar-refractivity contribution in [2.75, 3.05) is 21.3 Å². The standard InChI is InChI=1S/C10H15N3O2/c1-12-10(13-11)8-5-4-7(14-2)6-9(8)15-3/h4-6H,11H2,1-3H3,(H,12,13). The van der Waals surface area contributed by atoms with Crippen LogP contribution in [0.4, 0.5) is 0 Å². The first-order valence-corrected chi connectivity index (χ1v) is 4.42. The van der Waals surface area contributed by atoms with Crippen LogP contribution in [0.15, 0.2) is 23.2 Å². The Kier molecular flexibility index (Phi) is 3.93. The van der Waals surface area contributed by atoms with Crippen molar-refractivity contribution in [2.24, 2.45) is 10.8 Å². The molecule has 0 amide bonds. The van der Waals surface area contributed by atoms with Gasteiger partial charge in [-0.1, -0.05) is 0 Å². The van der Waals surface area contributed by atoms with Crippen LogP contribution in [0.25, 0.3) is 0 Å². The lowest BCUT2D eigenvalue weighted by Gasteiger charge is -2.11. The average molecular weight is 209 g/mol. The number of hydrogen-bond acceptors (Lipinski definition) is 4. The zero-order chi connectivity index (χ0) is 11.3. The number of amidine groups is 1. The van der Waals surface area contributed by atoms with Crippen molar-refractivity contribution in [1.29, 1.82) is 0 Å². The highest BCUT2D eigenvalue weighted by Crippen LogP contribution is 2.24. The third kappa shape index (κ3) is 2.38. The molecule has 1 aromatic carbocycles. The number of ether oxygens (including phenoxy) is 2. The molecule has 0 radical (unpaired) electrons. The average Bonchev–Trinajstić information content (AvgIpc) is 2.31. The zero-order valence-electron chi connectivity index (χ0n) is 9.07. The number of methoxy groups -OCH3 is 2.